The number of hydrogen-bond acceptors (Lipinski definition) is 5. The van der Waals surface area contributed by atoms with Crippen LogP contribution in [0.4, 0.5) is 0 Å². The van der Waals surface area contributed by atoms with Crippen molar-refractivity contribution in [2.75, 3.05) is 12.4 Å². The van der Waals surface area contributed by atoms with Crippen molar-refractivity contribution < 1.29 is 5.11 Å². The quantitative estimate of drug-likeness (QED) is 0.243. The zero-order valence-electron chi connectivity index (χ0n) is 14.5. The minimum absolute atomic E-state index is 0.0216. The monoisotopic (exact) mass is 380 g/mol. The molecule has 0 amide bonds. The van der Waals surface area contributed by atoms with Gasteiger partial charge in [0.25, 0.3) is 0 Å². The molecule has 2 aromatic carbocycles. The van der Waals surface area contributed by atoms with Gasteiger partial charge in [0.2, 0.25) is 0 Å². The predicted octanol–water partition coefficient (Wildman–Crippen LogP) is 2.19. The second-order valence-corrected chi connectivity index (χ2v) is 6.86. The molecule has 1 aromatic heterocycles. The van der Waals surface area contributed by atoms with E-state index >= 15 is 0 Å². The SMILES string of the molecule is N=C(N)c1ccc(-c2cn(-c3ccc(C(=N)N)cc3)c(SCCO)n2)cc1. The largest absolute Gasteiger partial charge is 0.396 e. The van der Waals surface area contributed by atoms with E-state index in [9.17, 15) is 0 Å². The van der Waals surface area contributed by atoms with Crippen LogP contribution in [0.3, 0.4) is 0 Å². The molecule has 8 heteroatoms. The van der Waals surface area contributed by atoms with Gasteiger partial charge >= 0.3 is 0 Å². The Bertz CT molecular complexity index is 963. The number of thioether (sulfide) groups is 1. The molecule has 0 bridgehead atoms. The van der Waals surface area contributed by atoms with E-state index in [0.717, 1.165) is 22.1 Å². The van der Waals surface area contributed by atoms with E-state index in [0.29, 0.717) is 16.9 Å². The molecule has 0 aliphatic rings. The Hall–Kier alpha value is -3.10. The average Bonchev–Trinajstić information content (AvgIpc) is 3.10. The molecule has 0 fully saturated rings. The molecule has 0 radical (unpaired) electrons. The Morgan fingerprint density at radius 1 is 0.963 bits per heavy atom. The van der Waals surface area contributed by atoms with Crippen molar-refractivity contribution in [2.45, 2.75) is 5.16 Å². The smallest absolute Gasteiger partial charge is 0.173 e. The molecule has 3 rings (SSSR count). The molecule has 0 saturated heterocycles. The van der Waals surface area contributed by atoms with Gasteiger partial charge in [-0.1, -0.05) is 36.0 Å². The molecule has 0 aliphatic carbocycles. The van der Waals surface area contributed by atoms with Crippen LogP contribution in [0.25, 0.3) is 16.9 Å². The summed E-state index contributed by atoms with van der Waals surface area (Å²) in [6.45, 7) is 0.0590. The first-order chi connectivity index (χ1) is 13.0. The summed E-state index contributed by atoms with van der Waals surface area (Å²) < 4.78 is 1.94. The lowest BCUT2D eigenvalue weighted by atomic mass is 10.1. The van der Waals surface area contributed by atoms with Crippen LogP contribution >= 0.6 is 11.8 Å². The summed E-state index contributed by atoms with van der Waals surface area (Å²) in [5.41, 5.74) is 14.9. The molecule has 0 unspecified atom stereocenters. The van der Waals surface area contributed by atoms with Gasteiger partial charge in [-0.3, -0.25) is 15.4 Å². The number of imidazole rings is 1. The number of aliphatic hydroxyl groups excluding tert-OH is 1. The summed E-state index contributed by atoms with van der Waals surface area (Å²) in [6, 6.07) is 14.7. The van der Waals surface area contributed by atoms with Crippen LogP contribution in [0.1, 0.15) is 11.1 Å². The average molecular weight is 380 g/mol. The molecule has 138 valence electrons. The number of nitrogens with two attached hydrogens (primary N) is 2. The third-order valence-electron chi connectivity index (χ3n) is 3.94. The van der Waals surface area contributed by atoms with Crippen molar-refractivity contribution in [1.82, 2.24) is 9.55 Å². The summed E-state index contributed by atoms with van der Waals surface area (Å²) in [5, 5.41) is 24.9. The molecule has 7 nitrogen and oxygen atoms in total. The van der Waals surface area contributed by atoms with E-state index in [2.05, 4.69) is 4.98 Å². The van der Waals surface area contributed by atoms with E-state index in [1.165, 1.54) is 11.8 Å². The Kier molecular flexibility index (Phi) is 5.58. The molecule has 0 spiro atoms. The third-order valence-corrected chi connectivity index (χ3v) is 4.88. The molecule has 0 saturated carbocycles. The maximum Gasteiger partial charge on any atom is 0.173 e. The van der Waals surface area contributed by atoms with Gasteiger partial charge in [0, 0.05) is 34.3 Å². The van der Waals surface area contributed by atoms with Crippen LogP contribution < -0.4 is 11.5 Å². The highest BCUT2D eigenvalue weighted by Gasteiger charge is 2.12. The van der Waals surface area contributed by atoms with Gasteiger partial charge in [-0.2, -0.15) is 0 Å². The van der Waals surface area contributed by atoms with Crippen LogP contribution in [-0.2, 0) is 0 Å². The van der Waals surface area contributed by atoms with Crippen LogP contribution in [0.5, 0.6) is 0 Å². The molecule has 7 N–H and O–H groups in total. The summed E-state index contributed by atoms with van der Waals surface area (Å²) in [7, 11) is 0. The first-order valence-electron chi connectivity index (χ1n) is 8.22. The Labute approximate surface area is 161 Å². The minimum atomic E-state index is 0.0216. The fraction of sp³-hybridized carbons (Fsp3) is 0.105. The van der Waals surface area contributed by atoms with E-state index in [1.54, 1.807) is 24.3 Å². The Morgan fingerprint density at radius 2 is 1.52 bits per heavy atom. The first-order valence-corrected chi connectivity index (χ1v) is 9.21. The Morgan fingerprint density at radius 3 is 2.04 bits per heavy atom. The number of aromatic nitrogens is 2. The second-order valence-electron chi connectivity index (χ2n) is 5.80. The number of amidine groups is 2. The number of nitrogens with zero attached hydrogens (tertiary/aromatic N) is 2. The molecule has 27 heavy (non-hydrogen) atoms. The van der Waals surface area contributed by atoms with E-state index in [4.69, 9.17) is 27.4 Å². The van der Waals surface area contributed by atoms with Gasteiger partial charge in [0.1, 0.15) is 11.7 Å². The van der Waals surface area contributed by atoms with Gasteiger partial charge in [0.15, 0.2) is 5.16 Å². The molecule has 1 heterocycles. The Balaban J connectivity index is 1.99. The lowest BCUT2D eigenvalue weighted by molar-refractivity contribution is 0.322. The van der Waals surface area contributed by atoms with E-state index in [-0.39, 0.29) is 18.3 Å². The van der Waals surface area contributed by atoms with E-state index < -0.39 is 0 Å². The van der Waals surface area contributed by atoms with Gasteiger partial charge in [0.05, 0.1) is 12.3 Å². The van der Waals surface area contributed by atoms with E-state index in [1.807, 2.05) is 35.0 Å². The molecule has 0 atom stereocenters. The lowest BCUT2D eigenvalue weighted by Gasteiger charge is -2.07. The summed E-state index contributed by atoms with van der Waals surface area (Å²) in [5.74, 6) is 0.579. The molecule has 0 aliphatic heterocycles. The highest BCUT2D eigenvalue weighted by Crippen LogP contribution is 2.27. The first kappa shape index (κ1) is 18.7. The number of nitrogen functional groups attached to an aromatic ring is 2. The van der Waals surface area contributed by atoms with Crippen molar-refractivity contribution in [3.8, 4) is 16.9 Å². The highest BCUT2D eigenvalue weighted by atomic mass is 32.2. The predicted molar refractivity (Wildman–Crippen MR) is 109 cm³/mol. The summed E-state index contributed by atoms with van der Waals surface area (Å²) in [6.07, 6.45) is 1.92. The van der Waals surface area contributed by atoms with Crippen LogP contribution in [0.2, 0.25) is 0 Å². The van der Waals surface area contributed by atoms with Gasteiger partial charge in [-0.25, -0.2) is 4.98 Å². The summed E-state index contributed by atoms with van der Waals surface area (Å²) >= 11 is 1.46. The highest BCUT2D eigenvalue weighted by molar-refractivity contribution is 7.99. The normalized spacial score (nSPS) is 10.7. The molecular formula is C19H20N6OS. The molecule has 3 aromatic rings. The number of nitrogens with one attached hydrogen (secondary N) is 2. The maximum absolute atomic E-state index is 9.17. The van der Waals surface area contributed by atoms with Crippen molar-refractivity contribution in [3.05, 3.63) is 65.9 Å². The standard InChI is InChI=1S/C19H20N6OS/c20-17(21)13-3-1-12(2-4-13)16-11-25(19(24-16)27-10-9-26)15-7-5-14(6-8-15)18(22)23/h1-8,11,26H,9-10H2,(H3,20,21)(H3,22,23). The minimum Gasteiger partial charge on any atom is -0.396 e. The van der Waals surface area contributed by atoms with Crippen LogP contribution in [0.15, 0.2) is 59.9 Å². The third kappa shape index (κ3) is 4.18. The van der Waals surface area contributed by atoms with Gasteiger partial charge in [-0.15, -0.1) is 0 Å². The van der Waals surface area contributed by atoms with Crippen molar-refractivity contribution in [1.29, 1.82) is 10.8 Å². The number of benzene rings is 2. The fourth-order valence-electron chi connectivity index (χ4n) is 2.55. The second kappa shape index (κ2) is 8.07. The van der Waals surface area contributed by atoms with Gasteiger partial charge < -0.3 is 16.6 Å². The number of hydrogen-bond donors (Lipinski definition) is 5. The lowest BCUT2D eigenvalue weighted by Crippen LogP contribution is -2.10. The number of aliphatic hydroxyl groups is 1. The van der Waals surface area contributed by atoms with Crippen molar-refractivity contribution >= 4 is 23.4 Å². The topological polar surface area (TPSA) is 138 Å². The van der Waals surface area contributed by atoms with Gasteiger partial charge in [-0.05, 0) is 24.3 Å². The number of rotatable bonds is 7. The maximum atomic E-state index is 9.17. The van der Waals surface area contributed by atoms with Crippen molar-refractivity contribution in [3.63, 3.8) is 0 Å². The fourth-order valence-corrected chi connectivity index (χ4v) is 3.28. The van der Waals surface area contributed by atoms with Crippen LogP contribution in [0, 0.1) is 10.8 Å². The molecular weight excluding hydrogens is 360 g/mol. The van der Waals surface area contributed by atoms with Crippen LogP contribution in [-0.4, -0.2) is 38.7 Å². The summed E-state index contributed by atoms with van der Waals surface area (Å²) in [4.78, 5) is 4.69. The zero-order chi connectivity index (χ0) is 19.4. The van der Waals surface area contributed by atoms with Crippen molar-refractivity contribution in [2.24, 2.45) is 11.5 Å². The zero-order valence-corrected chi connectivity index (χ0v) is 15.3.